The number of rotatable bonds is 5. The molecule has 2 nitrogen and oxygen atoms in total. The highest BCUT2D eigenvalue weighted by Gasteiger charge is 2.24. The molecule has 1 aliphatic heterocycles. The molecule has 17 heavy (non-hydrogen) atoms. The summed E-state index contributed by atoms with van der Waals surface area (Å²) in [5, 5.41) is 3.48. The first-order valence-corrected chi connectivity index (χ1v) is 6.76. The van der Waals surface area contributed by atoms with Crippen molar-refractivity contribution in [2.75, 3.05) is 18.0 Å². The summed E-state index contributed by atoms with van der Waals surface area (Å²) in [5.41, 5.74) is 2.96. The Kier molecular flexibility index (Phi) is 4.06. The van der Waals surface area contributed by atoms with E-state index in [9.17, 15) is 0 Å². The van der Waals surface area contributed by atoms with Crippen LogP contribution in [0, 0.1) is 0 Å². The van der Waals surface area contributed by atoms with Gasteiger partial charge in [0, 0.05) is 24.3 Å². The van der Waals surface area contributed by atoms with Crippen molar-refractivity contribution in [1.82, 2.24) is 5.32 Å². The fraction of sp³-hybridized carbons (Fsp3) is 0.600. The van der Waals surface area contributed by atoms with Crippen LogP contribution in [0.3, 0.4) is 0 Å². The van der Waals surface area contributed by atoms with Crippen molar-refractivity contribution < 1.29 is 0 Å². The molecule has 2 heteroatoms. The maximum Gasteiger partial charge on any atom is 0.0402 e. The van der Waals surface area contributed by atoms with Crippen LogP contribution in [0.4, 0.5) is 5.69 Å². The van der Waals surface area contributed by atoms with E-state index < -0.39 is 0 Å². The minimum absolute atomic E-state index is 0.596. The predicted molar refractivity (Wildman–Crippen MR) is 74.7 cm³/mol. The van der Waals surface area contributed by atoms with Gasteiger partial charge in [0.2, 0.25) is 0 Å². The van der Waals surface area contributed by atoms with Gasteiger partial charge in [-0.1, -0.05) is 32.0 Å². The van der Waals surface area contributed by atoms with Gasteiger partial charge in [0.25, 0.3) is 0 Å². The molecule has 1 aromatic carbocycles. The van der Waals surface area contributed by atoms with Crippen LogP contribution in [0.5, 0.6) is 0 Å². The van der Waals surface area contributed by atoms with Crippen LogP contribution in [-0.2, 0) is 6.42 Å². The average Bonchev–Trinajstić information content (AvgIpc) is 2.60. The van der Waals surface area contributed by atoms with E-state index in [1.54, 1.807) is 0 Å². The number of nitrogens with zero attached hydrogens (tertiary/aromatic N) is 1. The van der Waals surface area contributed by atoms with Crippen LogP contribution >= 0.6 is 0 Å². The molecule has 0 saturated heterocycles. The van der Waals surface area contributed by atoms with Crippen molar-refractivity contribution in [3.63, 3.8) is 0 Å². The number of para-hydroxylation sites is 1. The molecule has 0 saturated carbocycles. The average molecular weight is 232 g/mol. The first kappa shape index (κ1) is 12.4. The van der Waals surface area contributed by atoms with E-state index >= 15 is 0 Å². The van der Waals surface area contributed by atoms with Crippen LogP contribution in [0.1, 0.15) is 32.8 Å². The first-order chi connectivity index (χ1) is 8.18. The molecule has 1 atom stereocenters. The molecular formula is C15H24N2. The van der Waals surface area contributed by atoms with Crippen molar-refractivity contribution in [3.05, 3.63) is 29.8 Å². The minimum Gasteiger partial charge on any atom is -0.368 e. The van der Waals surface area contributed by atoms with Crippen LogP contribution in [-0.4, -0.2) is 25.2 Å². The minimum atomic E-state index is 0.596. The zero-order valence-electron chi connectivity index (χ0n) is 11.2. The third-order valence-electron chi connectivity index (χ3n) is 3.48. The maximum absolute atomic E-state index is 3.48. The lowest BCUT2D eigenvalue weighted by Gasteiger charge is -2.25. The molecule has 1 N–H and O–H groups in total. The second-order valence-corrected chi connectivity index (χ2v) is 5.34. The van der Waals surface area contributed by atoms with E-state index in [1.807, 2.05) is 0 Å². The van der Waals surface area contributed by atoms with E-state index in [2.05, 4.69) is 55.3 Å². The summed E-state index contributed by atoms with van der Waals surface area (Å²) in [6.45, 7) is 9.01. The molecular weight excluding hydrogens is 208 g/mol. The highest BCUT2D eigenvalue weighted by atomic mass is 15.2. The van der Waals surface area contributed by atoms with Gasteiger partial charge >= 0.3 is 0 Å². The van der Waals surface area contributed by atoms with E-state index in [0.717, 1.165) is 13.1 Å². The summed E-state index contributed by atoms with van der Waals surface area (Å²) < 4.78 is 0. The fourth-order valence-corrected chi connectivity index (χ4v) is 2.61. The normalized spacial score (nSPS) is 18.8. The van der Waals surface area contributed by atoms with Crippen LogP contribution in [0.15, 0.2) is 24.3 Å². The van der Waals surface area contributed by atoms with Crippen molar-refractivity contribution in [1.29, 1.82) is 0 Å². The van der Waals surface area contributed by atoms with Gasteiger partial charge in [0.1, 0.15) is 0 Å². The smallest absolute Gasteiger partial charge is 0.0402 e. The number of nitrogens with one attached hydrogen (secondary N) is 1. The van der Waals surface area contributed by atoms with Gasteiger partial charge < -0.3 is 10.2 Å². The summed E-state index contributed by atoms with van der Waals surface area (Å²) in [5.74, 6) is 0. The lowest BCUT2D eigenvalue weighted by Crippen LogP contribution is -2.33. The number of anilines is 1. The molecule has 0 aliphatic carbocycles. The van der Waals surface area contributed by atoms with Crippen LogP contribution in [0.2, 0.25) is 0 Å². The van der Waals surface area contributed by atoms with E-state index in [1.165, 1.54) is 24.1 Å². The number of fused-ring (bicyclic) bond motifs is 1. The van der Waals surface area contributed by atoms with Crippen LogP contribution < -0.4 is 10.2 Å². The molecule has 0 bridgehead atoms. The highest BCUT2D eigenvalue weighted by molar-refractivity contribution is 5.59. The topological polar surface area (TPSA) is 15.3 Å². The Bertz CT molecular complexity index is 360. The molecule has 0 radical (unpaired) electrons. The summed E-state index contributed by atoms with van der Waals surface area (Å²) >= 11 is 0. The van der Waals surface area contributed by atoms with Gasteiger partial charge in [-0.05, 0) is 37.9 Å². The van der Waals surface area contributed by atoms with Gasteiger partial charge in [-0.25, -0.2) is 0 Å². The molecule has 1 aromatic rings. The number of benzene rings is 1. The quantitative estimate of drug-likeness (QED) is 0.785. The van der Waals surface area contributed by atoms with Gasteiger partial charge in [0.05, 0.1) is 0 Å². The Morgan fingerprint density at radius 3 is 2.88 bits per heavy atom. The lowest BCUT2D eigenvalue weighted by atomic mass is 10.1. The summed E-state index contributed by atoms with van der Waals surface area (Å²) in [7, 11) is 0. The summed E-state index contributed by atoms with van der Waals surface area (Å²) in [6, 6.07) is 10.1. The van der Waals surface area contributed by atoms with Crippen molar-refractivity contribution in [3.8, 4) is 0 Å². The molecule has 0 amide bonds. The highest BCUT2D eigenvalue weighted by Crippen LogP contribution is 2.31. The lowest BCUT2D eigenvalue weighted by molar-refractivity contribution is 0.555. The Hall–Kier alpha value is -1.02. The SMILES string of the molecule is CC(C)NCCCN1c2ccccc2CC1C. The van der Waals surface area contributed by atoms with Gasteiger partial charge in [-0.15, -0.1) is 0 Å². The number of hydrogen-bond donors (Lipinski definition) is 1. The van der Waals surface area contributed by atoms with Gasteiger partial charge in [0.15, 0.2) is 0 Å². The molecule has 0 spiro atoms. The van der Waals surface area contributed by atoms with E-state index in [-0.39, 0.29) is 0 Å². The zero-order valence-corrected chi connectivity index (χ0v) is 11.2. The zero-order chi connectivity index (χ0) is 12.3. The third-order valence-corrected chi connectivity index (χ3v) is 3.48. The molecule has 1 unspecified atom stereocenters. The van der Waals surface area contributed by atoms with Gasteiger partial charge in [-0.3, -0.25) is 0 Å². The third kappa shape index (κ3) is 3.01. The summed E-state index contributed by atoms with van der Waals surface area (Å²) in [4.78, 5) is 2.55. The fourth-order valence-electron chi connectivity index (χ4n) is 2.61. The largest absolute Gasteiger partial charge is 0.368 e. The Morgan fingerprint density at radius 1 is 1.35 bits per heavy atom. The Morgan fingerprint density at radius 2 is 2.12 bits per heavy atom. The van der Waals surface area contributed by atoms with E-state index in [4.69, 9.17) is 0 Å². The monoisotopic (exact) mass is 232 g/mol. The summed E-state index contributed by atoms with van der Waals surface area (Å²) in [6.07, 6.45) is 2.42. The predicted octanol–water partition coefficient (Wildman–Crippen LogP) is 2.83. The molecule has 1 heterocycles. The van der Waals surface area contributed by atoms with Crippen molar-refractivity contribution >= 4 is 5.69 Å². The second kappa shape index (κ2) is 5.54. The van der Waals surface area contributed by atoms with Crippen molar-refractivity contribution in [2.45, 2.75) is 45.7 Å². The molecule has 1 aliphatic rings. The first-order valence-electron chi connectivity index (χ1n) is 6.76. The molecule has 94 valence electrons. The Balaban J connectivity index is 1.88. The molecule has 0 aromatic heterocycles. The number of hydrogen-bond acceptors (Lipinski definition) is 2. The Labute approximate surface area is 105 Å². The second-order valence-electron chi connectivity index (χ2n) is 5.34. The molecule has 2 rings (SSSR count). The standard InChI is InChI=1S/C15H24N2/c1-12(2)16-9-6-10-17-13(3)11-14-7-4-5-8-15(14)17/h4-5,7-8,12-13,16H,6,9-11H2,1-3H3. The van der Waals surface area contributed by atoms with Gasteiger partial charge in [-0.2, -0.15) is 0 Å². The van der Waals surface area contributed by atoms with Crippen LogP contribution in [0.25, 0.3) is 0 Å². The van der Waals surface area contributed by atoms with E-state index in [0.29, 0.717) is 12.1 Å². The molecule has 0 fully saturated rings. The maximum atomic E-state index is 3.48. The van der Waals surface area contributed by atoms with Crippen molar-refractivity contribution in [2.24, 2.45) is 0 Å².